The number of nitrogens with one attached hydrogen (secondary N) is 1. The molecule has 0 spiro atoms. The number of carboxylic acid groups (broad SMARTS) is 1. The molecular weight excluding hydrogens is 374 g/mol. The number of hydrogen-bond acceptors (Lipinski definition) is 7. The van der Waals surface area contributed by atoms with Crippen molar-refractivity contribution in [2.75, 3.05) is 39.3 Å². The molecule has 2 N–H and O–H groups in total. The molecule has 3 unspecified atom stereocenters. The van der Waals surface area contributed by atoms with Gasteiger partial charge in [0.15, 0.2) is 0 Å². The summed E-state index contributed by atoms with van der Waals surface area (Å²) in [5.74, 6) is 0.423. The van der Waals surface area contributed by atoms with Gasteiger partial charge in [-0.25, -0.2) is 4.68 Å². The summed E-state index contributed by atoms with van der Waals surface area (Å²) < 4.78 is 1.47. The Labute approximate surface area is 168 Å². The van der Waals surface area contributed by atoms with Crippen LogP contribution < -0.4 is 5.32 Å². The summed E-state index contributed by atoms with van der Waals surface area (Å²) in [6.07, 6.45) is 1.48. The smallest absolute Gasteiger partial charge is 0.290 e. The van der Waals surface area contributed by atoms with Crippen molar-refractivity contribution in [3.05, 3.63) is 42.2 Å². The van der Waals surface area contributed by atoms with Gasteiger partial charge in [-0.05, 0) is 16.0 Å². The maximum absolute atomic E-state index is 12.7. The van der Waals surface area contributed by atoms with E-state index in [0.717, 1.165) is 39.3 Å². The molecule has 4 saturated heterocycles. The molecule has 4 aliphatic rings. The molecule has 0 aliphatic carbocycles. The number of carbonyl (C=O) groups excluding carboxylic acids is 1. The molecule has 154 valence electrons. The molecule has 6 rings (SSSR count). The normalized spacial score (nSPS) is 32.0. The summed E-state index contributed by atoms with van der Waals surface area (Å²) in [6, 6.07) is 10.8. The number of amides is 1. The van der Waals surface area contributed by atoms with Crippen LogP contribution in [0.3, 0.4) is 0 Å². The number of aromatic nitrogens is 4. The van der Waals surface area contributed by atoms with E-state index < -0.39 is 0 Å². The molecule has 1 aromatic carbocycles. The second-order valence-electron chi connectivity index (χ2n) is 7.91. The Balaban J connectivity index is 0.000000645. The van der Waals surface area contributed by atoms with Gasteiger partial charge in [0.25, 0.3) is 6.47 Å². The van der Waals surface area contributed by atoms with Gasteiger partial charge in [-0.1, -0.05) is 30.3 Å². The van der Waals surface area contributed by atoms with Gasteiger partial charge in [0.1, 0.15) is 12.9 Å². The second kappa shape index (κ2) is 8.26. The quantitative estimate of drug-likeness (QED) is 0.633. The van der Waals surface area contributed by atoms with E-state index in [1.807, 2.05) is 0 Å². The largest absolute Gasteiger partial charge is 0.483 e. The van der Waals surface area contributed by atoms with Crippen LogP contribution in [0.4, 0.5) is 0 Å². The summed E-state index contributed by atoms with van der Waals surface area (Å²) in [4.78, 5) is 26.2. The molecule has 5 heterocycles. The fraction of sp³-hybridized carbons (Fsp3) is 0.526. The second-order valence-corrected chi connectivity index (χ2v) is 7.91. The lowest BCUT2D eigenvalue weighted by Gasteiger charge is -2.55. The predicted molar refractivity (Wildman–Crippen MR) is 103 cm³/mol. The van der Waals surface area contributed by atoms with Crippen molar-refractivity contribution in [2.24, 2.45) is 5.92 Å². The van der Waals surface area contributed by atoms with Crippen LogP contribution in [0.5, 0.6) is 0 Å². The maximum Gasteiger partial charge on any atom is 0.290 e. The van der Waals surface area contributed by atoms with Gasteiger partial charge in [0, 0.05) is 56.6 Å². The standard InChI is InChI=1S/C18H23N7O.CH2O2/c26-16(10-25-13-19-21-22-25)20-17-14-8-23-6-7-24(9-14)12-18(17,11-23)15-4-2-1-3-5-15;2-1-3/h1-5,13-14,17H,6-12H2,(H,20,26);1H,(H,2,3). The van der Waals surface area contributed by atoms with Crippen molar-refractivity contribution in [1.82, 2.24) is 35.3 Å². The number of fused-ring (bicyclic) bond motifs is 1. The van der Waals surface area contributed by atoms with Crippen molar-refractivity contribution in [1.29, 1.82) is 0 Å². The first-order chi connectivity index (χ1) is 14.1. The Morgan fingerprint density at radius 3 is 2.45 bits per heavy atom. The zero-order chi connectivity index (χ0) is 20.3. The SMILES string of the molecule is O=C(Cn1cnnn1)NC1C2CN3CCN(C2)CC1(c1ccccc1)C3.O=CO. The van der Waals surface area contributed by atoms with E-state index >= 15 is 0 Å². The number of piperidine rings is 2. The van der Waals surface area contributed by atoms with Crippen LogP contribution in [0.1, 0.15) is 5.56 Å². The highest BCUT2D eigenvalue weighted by atomic mass is 16.3. The first kappa shape index (κ1) is 19.5. The highest BCUT2D eigenvalue weighted by molar-refractivity contribution is 5.76. The summed E-state index contributed by atoms with van der Waals surface area (Å²) in [6.45, 7) is 6.27. The van der Waals surface area contributed by atoms with Crippen molar-refractivity contribution in [3.8, 4) is 0 Å². The Bertz CT molecular complexity index is 814. The van der Waals surface area contributed by atoms with E-state index in [1.165, 1.54) is 16.6 Å². The minimum absolute atomic E-state index is 0.0197. The minimum atomic E-state index is -0.250. The zero-order valence-corrected chi connectivity index (χ0v) is 16.1. The Morgan fingerprint density at radius 1 is 1.21 bits per heavy atom. The lowest BCUT2D eigenvalue weighted by atomic mass is 9.64. The molecule has 0 radical (unpaired) electrons. The number of nitrogens with zero attached hydrogens (tertiary/aromatic N) is 6. The lowest BCUT2D eigenvalue weighted by molar-refractivity contribution is -0.125. The van der Waals surface area contributed by atoms with E-state index in [4.69, 9.17) is 9.90 Å². The molecule has 2 aromatic rings. The van der Waals surface area contributed by atoms with E-state index in [2.05, 4.69) is 61.0 Å². The first-order valence-electron chi connectivity index (χ1n) is 9.73. The van der Waals surface area contributed by atoms with E-state index in [9.17, 15) is 4.79 Å². The Morgan fingerprint density at radius 2 is 1.86 bits per heavy atom. The molecule has 29 heavy (non-hydrogen) atoms. The zero-order valence-electron chi connectivity index (χ0n) is 16.1. The summed E-state index contributed by atoms with van der Waals surface area (Å²) in [7, 11) is 0. The molecule has 4 aliphatic heterocycles. The van der Waals surface area contributed by atoms with Gasteiger partial charge in [0.2, 0.25) is 5.91 Å². The number of benzene rings is 1. The summed E-state index contributed by atoms with van der Waals surface area (Å²) in [5, 5.41) is 21.3. The third-order valence-electron chi connectivity index (χ3n) is 6.16. The fourth-order valence-corrected chi connectivity index (χ4v) is 5.19. The number of hydrogen-bond donors (Lipinski definition) is 2. The predicted octanol–water partition coefficient (Wildman–Crippen LogP) is -0.942. The van der Waals surface area contributed by atoms with E-state index in [-0.39, 0.29) is 30.4 Å². The van der Waals surface area contributed by atoms with Gasteiger partial charge in [-0.3, -0.25) is 9.59 Å². The van der Waals surface area contributed by atoms with Crippen molar-refractivity contribution >= 4 is 12.4 Å². The molecule has 4 fully saturated rings. The van der Waals surface area contributed by atoms with Gasteiger partial charge < -0.3 is 20.2 Å². The molecule has 0 saturated carbocycles. The monoisotopic (exact) mass is 399 g/mol. The van der Waals surface area contributed by atoms with Crippen LogP contribution in [0, 0.1) is 5.92 Å². The third kappa shape index (κ3) is 3.85. The van der Waals surface area contributed by atoms with Crippen molar-refractivity contribution < 1.29 is 14.7 Å². The van der Waals surface area contributed by atoms with Crippen molar-refractivity contribution in [2.45, 2.75) is 18.0 Å². The van der Waals surface area contributed by atoms with Gasteiger partial charge >= 0.3 is 0 Å². The average Bonchev–Trinajstić information content (AvgIpc) is 3.09. The van der Waals surface area contributed by atoms with Crippen LogP contribution in [-0.4, -0.2) is 92.8 Å². The molecule has 10 heteroatoms. The van der Waals surface area contributed by atoms with E-state index in [1.54, 1.807) is 0 Å². The molecule has 10 nitrogen and oxygen atoms in total. The molecule has 1 aromatic heterocycles. The number of tetrazole rings is 1. The van der Waals surface area contributed by atoms with Crippen LogP contribution >= 0.6 is 0 Å². The summed E-state index contributed by atoms with van der Waals surface area (Å²) in [5.41, 5.74) is 1.27. The lowest BCUT2D eigenvalue weighted by Crippen LogP contribution is -2.70. The highest BCUT2D eigenvalue weighted by Crippen LogP contribution is 2.43. The van der Waals surface area contributed by atoms with Gasteiger partial charge in [-0.15, -0.1) is 5.10 Å². The van der Waals surface area contributed by atoms with Crippen LogP contribution in [0.2, 0.25) is 0 Å². The Kier molecular flexibility index (Phi) is 5.54. The third-order valence-corrected chi connectivity index (χ3v) is 6.16. The molecule has 1 amide bonds. The van der Waals surface area contributed by atoms with Crippen LogP contribution in [0.15, 0.2) is 36.7 Å². The Hall–Kier alpha value is -2.85. The first-order valence-corrected chi connectivity index (χ1v) is 9.73. The highest BCUT2D eigenvalue weighted by Gasteiger charge is 2.55. The fourth-order valence-electron chi connectivity index (χ4n) is 5.19. The number of rotatable bonds is 4. The molecule has 4 bridgehead atoms. The van der Waals surface area contributed by atoms with Crippen LogP contribution in [0.25, 0.3) is 0 Å². The van der Waals surface area contributed by atoms with Crippen molar-refractivity contribution in [3.63, 3.8) is 0 Å². The topological polar surface area (TPSA) is 116 Å². The summed E-state index contributed by atoms with van der Waals surface area (Å²) >= 11 is 0. The number of carbonyl (C=O) groups is 2. The van der Waals surface area contributed by atoms with Crippen LogP contribution in [-0.2, 0) is 21.5 Å². The van der Waals surface area contributed by atoms with Gasteiger partial charge in [0.05, 0.1) is 0 Å². The van der Waals surface area contributed by atoms with E-state index in [0.29, 0.717) is 5.92 Å². The maximum atomic E-state index is 12.7. The average molecular weight is 399 g/mol. The minimum Gasteiger partial charge on any atom is -0.483 e. The van der Waals surface area contributed by atoms with Gasteiger partial charge in [-0.2, -0.15) is 0 Å². The molecule has 3 atom stereocenters. The molecular formula is C19H25N7O3.